The molecule has 2 N–H and O–H groups in total. The van der Waals surface area contributed by atoms with E-state index in [4.69, 9.17) is 14.2 Å². The summed E-state index contributed by atoms with van der Waals surface area (Å²) in [5.41, 5.74) is -0.0826. The number of methoxy groups -OCH3 is 1. The first-order valence-electron chi connectivity index (χ1n) is 8.52. The van der Waals surface area contributed by atoms with Gasteiger partial charge in [0, 0.05) is 11.8 Å². The third-order valence-corrected chi connectivity index (χ3v) is 10.0. The average Bonchev–Trinajstić information content (AvgIpc) is 3.10. The molecule has 5 atom stereocenters. The Balaban J connectivity index is 1.91. The lowest BCUT2D eigenvalue weighted by Gasteiger charge is -2.43. The fourth-order valence-corrected chi connectivity index (χ4v) is 4.91. The van der Waals surface area contributed by atoms with Crippen molar-refractivity contribution in [2.75, 3.05) is 13.7 Å². The van der Waals surface area contributed by atoms with Crippen LogP contribution in [0.2, 0.25) is 18.1 Å². The molecule has 0 unspecified atom stereocenters. The smallest absolute Gasteiger partial charge is 0.337 e. The van der Waals surface area contributed by atoms with Gasteiger partial charge in [-0.05, 0) is 31.0 Å². The highest BCUT2D eigenvalue weighted by Gasteiger charge is 2.72. The van der Waals surface area contributed by atoms with E-state index in [-0.39, 0.29) is 41.7 Å². The predicted molar refractivity (Wildman–Crippen MR) is 89.6 cm³/mol. The summed E-state index contributed by atoms with van der Waals surface area (Å²) in [5.74, 6) is -0.502. The van der Waals surface area contributed by atoms with Crippen LogP contribution in [0.15, 0.2) is 11.8 Å². The SMILES string of the molecule is COC(=O)C1=CO[C@@H](CC(C)(C)[Si](C)(C)O)[C@H]2[C@@H]1C[C@@H]1O[C@]21CO. The van der Waals surface area contributed by atoms with Crippen LogP contribution in [-0.2, 0) is 19.0 Å². The van der Waals surface area contributed by atoms with Crippen molar-refractivity contribution < 1.29 is 28.9 Å². The summed E-state index contributed by atoms with van der Waals surface area (Å²) in [6.07, 6.45) is 2.66. The molecule has 6 nitrogen and oxygen atoms in total. The van der Waals surface area contributed by atoms with Crippen LogP contribution in [0.25, 0.3) is 0 Å². The van der Waals surface area contributed by atoms with Crippen LogP contribution in [0.5, 0.6) is 0 Å². The maximum absolute atomic E-state index is 12.1. The van der Waals surface area contributed by atoms with Crippen LogP contribution < -0.4 is 0 Å². The highest BCUT2D eigenvalue weighted by atomic mass is 28.4. The Morgan fingerprint density at radius 3 is 2.71 bits per heavy atom. The summed E-state index contributed by atoms with van der Waals surface area (Å²) < 4.78 is 16.6. The van der Waals surface area contributed by atoms with E-state index in [0.29, 0.717) is 18.4 Å². The molecule has 1 aliphatic carbocycles. The Morgan fingerprint density at radius 2 is 2.17 bits per heavy atom. The number of fused-ring (bicyclic) bond motifs is 3. The zero-order chi connectivity index (χ0) is 17.9. The summed E-state index contributed by atoms with van der Waals surface area (Å²) in [5, 5.41) is 9.65. The molecule has 0 aromatic heterocycles. The second-order valence-corrected chi connectivity index (χ2v) is 12.9. The molecule has 3 rings (SSSR count). The Kier molecular flexibility index (Phi) is 4.15. The normalized spacial score (nSPS) is 37.9. The lowest BCUT2D eigenvalue weighted by Crippen LogP contribution is -2.48. The number of esters is 1. The van der Waals surface area contributed by atoms with E-state index in [2.05, 4.69) is 13.8 Å². The number of carbonyl (C=O) groups excluding carboxylic acids is 1. The molecule has 1 saturated heterocycles. The van der Waals surface area contributed by atoms with Gasteiger partial charge in [0.25, 0.3) is 0 Å². The Bertz CT molecular complexity index is 562. The maximum atomic E-state index is 12.1. The molecule has 2 heterocycles. The third kappa shape index (κ3) is 2.53. The second-order valence-electron chi connectivity index (χ2n) is 8.47. The van der Waals surface area contributed by atoms with Crippen molar-refractivity contribution in [3.05, 3.63) is 11.8 Å². The average molecular weight is 356 g/mol. The third-order valence-electron chi connectivity index (χ3n) is 6.52. The van der Waals surface area contributed by atoms with Crippen LogP contribution in [0.1, 0.15) is 26.7 Å². The standard InChI is InChI=1S/C17H28O6Si/c1-16(2,24(4,5)20)7-12-14-10(6-13-17(14,9-18)23-13)11(8-22-12)15(19)21-3/h8,10,12-14,18,20H,6-7,9H2,1-5H3/t10-,12+,13+,14-,17+/m1/s1. The van der Waals surface area contributed by atoms with Crippen molar-refractivity contribution in [1.29, 1.82) is 0 Å². The van der Waals surface area contributed by atoms with E-state index in [9.17, 15) is 14.7 Å². The van der Waals surface area contributed by atoms with E-state index in [1.807, 2.05) is 13.1 Å². The molecule has 1 saturated carbocycles. The Hall–Kier alpha value is -0.893. The molecule has 7 heteroatoms. The van der Waals surface area contributed by atoms with Gasteiger partial charge in [0.1, 0.15) is 11.7 Å². The van der Waals surface area contributed by atoms with Gasteiger partial charge < -0.3 is 24.1 Å². The number of carbonyl (C=O) groups is 1. The molecule has 2 fully saturated rings. The minimum atomic E-state index is -2.40. The van der Waals surface area contributed by atoms with Gasteiger partial charge in [0.2, 0.25) is 0 Å². The quantitative estimate of drug-likeness (QED) is 0.442. The van der Waals surface area contributed by atoms with E-state index in [1.54, 1.807) is 0 Å². The fourth-order valence-electron chi connectivity index (χ4n) is 4.21. The molecule has 0 aromatic rings. The highest BCUT2D eigenvalue weighted by Crippen LogP contribution is 2.62. The first kappa shape index (κ1) is 17.9. The molecule has 136 valence electrons. The van der Waals surface area contributed by atoms with Crippen molar-refractivity contribution in [2.45, 2.75) is 62.6 Å². The fraction of sp³-hybridized carbons (Fsp3) is 0.824. The van der Waals surface area contributed by atoms with Crippen LogP contribution in [0.4, 0.5) is 0 Å². The molecule has 0 radical (unpaired) electrons. The number of rotatable bonds is 5. The van der Waals surface area contributed by atoms with Gasteiger partial charge in [-0.1, -0.05) is 13.8 Å². The minimum Gasteiger partial charge on any atom is -0.497 e. The first-order valence-corrected chi connectivity index (χ1v) is 11.5. The predicted octanol–water partition coefficient (Wildman–Crippen LogP) is 1.58. The highest BCUT2D eigenvalue weighted by molar-refractivity contribution is 6.72. The molecule has 24 heavy (non-hydrogen) atoms. The number of hydrogen-bond acceptors (Lipinski definition) is 6. The van der Waals surface area contributed by atoms with Crippen molar-refractivity contribution in [1.82, 2.24) is 0 Å². The number of aliphatic hydroxyl groups excluding tert-OH is 1. The topological polar surface area (TPSA) is 88.5 Å². The lowest BCUT2D eigenvalue weighted by molar-refractivity contribution is -0.138. The maximum Gasteiger partial charge on any atom is 0.337 e. The zero-order valence-corrected chi connectivity index (χ0v) is 16.0. The van der Waals surface area contributed by atoms with E-state index in [0.717, 1.165) is 0 Å². The second kappa shape index (κ2) is 5.55. The molecule has 0 amide bonds. The van der Waals surface area contributed by atoms with Gasteiger partial charge in [-0.3, -0.25) is 0 Å². The summed E-state index contributed by atoms with van der Waals surface area (Å²) in [7, 11) is -1.03. The molecular weight excluding hydrogens is 328 g/mol. The first-order chi connectivity index (χ1) is 11.1. The Labute approximate surface area is 143 Å². The number of epoxide rings is 1. The van der Waals surface area contributed by atoms with Gasteiger partial charge in [-0.2, -0.15) is 0 Å². The number of ether oxygens (including phenoxy) is 3. The van der Waals surface area contributed by atoms with Gasteiger partial charge in [-0.25, -0.2) is 4.79 Å². The largest absolute Gasteiger partial charge is 0.497 e. The molecule has 3 aliphatic rings. The van der Waals surface area contributed by atoms with Gasteiger partial charge in [0.05, 0.1) is 31.7 Å². The summed E-state index contributed by atoms with van der Waals surface area (Å²) in [6, 6.07) is 0. The van der Waals surface area contributed by atoms with E-state index >= 15 is 0 Å². The van der Waals surface area contributed by atoms with Crippen LogP contribution >= 0.6 is 0 Å². The molecule has 0 bridgehead atoms. The van der Waals surface area contributed by atoms with Gasteiger partial charge in [0.15, 0.2) is 8.32 Å². The van der Waals surface area contributed by atoms with Crippen molar-refractivity contribution >= 4 is 14.3 Å². The molecular formula is C17H28O6Si. The number of aliphatic hydroxyl groups is 1. The van der Waals surface area contributed by atoms with Gasteiger partial charge >= 0.3 is 5.97 Å². The summed E-state index contributed by atoms with van der Waals surface area (Å²) in [4.78, 5) is 22.7. The minimum absolute atomic E-state index is 0.0265. The van der Waals surface area contributed by atoms with Crippen LogP contribution in [-0.4, -0.2) is 55.7 Å². The van der Waals surface area contributed by atoms with E-state index < -0.39 is 13.9 Å². The van der Waals surface area contributed by atoms with Crippen molar-refractivity contribution in [3.63, 3.8) is 0 Å². The number of hydrogen-bond donors (Lipinski definition) is 2. The van der Waals surface area contributed by atoms with Crippen LogP contribution in [0.3, 0.4) is 0 Å². The molecule has 0 spiro atoms. The Morgan fingerprint density at radius 1 is 1.50 bits per heavy atom. The monoisotopic (exact) mass is 356 g/mol. The van der Waals surface area contributed by atoms with Crippen molar-refractivity contribution in [2.24, 2.45) is 11.8 Å². The van der Waals surface area contributed by atoms with Crippen LogP contribution in [0, 0.1) is 11.8 Å². The van der Waals surface area contributed by atoms with E-state index in [1.165, 1.54) is 13.4 Å². The molecule has 2 aliphatic heterocycles. The molecule has 0 aromatic carbocycles. The summed E-state index contributed by atoms with van der Waals surface area (Å²) >= 11 is 0. The van der Waals surface area contributed by atoms with Gasteiger partial charge in [-0.15, -0.1) is 0 Å². The summed E-state index contributed by atoms with van der Waals surface area (Å²) in [6.45, 7) is 7.89. The van der Waals surface area contributed by atoms with Crippen molar-refractivity contribution in [3.8, 4) is 0 Å². The lowest BCUT2D eigenvalue weighted by atomic mass is 9.76. The zero-order valence-electron chi connectivity index (χ0n) is 15.0.